The van der Waals surface area contributed by atoms with Gasteiger partial charge in [-0.25, -0.2) is 14.8 Å². The third-order valence-corrected chi connectivity index (χ3v) is 2.61. The summed E-state index contributed by atoms with van der Waals surface area (Å²) < 4.78 is 0. The highest BCUT2D eigenvalue weighted by Crippen LogP contribution is 2.03. The van der Waals surface area contributed by atoms with Crippen LogP contribution in [-0.4, -0.2) is 22.5 Å². The summed E-state index contributed by atoms with van der Waals surface area (Å²) in [4.78, 5) is 19.4. The third kappa shape index (κ3) is 4.39. The van der Waals surface area contributed by atoms with E-state index in [4.69, 9.17) is 0 Å². The minimum absolute atomic E-state index is 0.293. The van der Waals surface area contributed by atoms with Crippen molar-refractivity contribution >= 4 is 12.0 Å². The normalized spacial score (nSPS) is 9.95. The Balaban J connectivity index is 1.74. The fourth-order valence-corrected chi connectivity index (χ4v) is 1.58. The number of hydrogen-bond acceptors (Lipinski definition) is 3. The van der Waals surface area contributed by atoms with Crippen LogP contribution in [-0.2, 0) is 6.42 Å². The molecule has 5 nitrogen and oxygen atoms in total. The summed E-state index contributed by atoms with van der Waals surface area (Å²) >= 11 is 0. The number of amides is 2. The summed E-state index contributed by atoms with van der Waals surface area (Å²) in [7, 11) is 0. The number of hydrogen-bond donors (Lipinski definition) is 2. The highest BCUT2D eigenvalue weighted by Gasteiger charge is 2.02. The molecule has 2 aromatic rings. The quantitative estimate of drug-likeness (QED) is 0.880. The highest BCUT2D eigenvalue weighted by atomic mass is 16.2. The van der Waals surface area contributed by atoms with E-state index in [1.54, 1.807) is 18.5 Å². The van der Waals surface area contributed by atoms with E-state index >= 15 is 0 Å². The fourth-order valence-electron chi connectivity index (χ4n) is 1.58. The molecule has 0 saturated heterocycles. The van der Waals surface area contributed by atoms with E-state index in [0.717, 1.165) is 6.42 Å². The van der Waals surface area contributed by atoms with Crippen molar-refractivity contribution in [2.45, 2.75) is 13.3 Å². The van der Waals surface area contributed by atoms with Crippen LogP contribution in [0.1, 0.15) is 11.1 Å². The molecule has 0 saturated carbocycles. The molecule has 0 atom stereocenters. The predicted octanol–water partition coefficient (Wildman–Crippen LogP) is 2.15. The van der Waals surface area contributed by atoms with Gasteiger partial charge in [0.25, 0.3) is 0 Å². The van der Waals surface area contributed by atoms with Gasteiger partial charge in [0, 0.05) is 18.9 Å². The molecule has 1 aromatic carbocycles. The van der Waals surface area contributed by atoms with Gasteiger partial charge in [0.2, 0.25) is 5.95 Å². The lowest BCUT2D eigenvalue weighted by Gasteiger charge is -2.06. The largest absolute Gasteiger partial charge is 0.337 e. The van der Waals surface area contributed by atoms with Gasteiger partial charge in [-0.15, -0.1) is 0 Å². The van der Waals surface area contributed by atoms with E-state index in [1.165, 1.54) is 11.1 Å². The van der Waals surface area contributed by atoms with Crippen LogP contribution in [0.3, 0.4) is 0 Å². The molecule has 0 spiro atoms. The van der Waals surface area contributed by atoms with Gasteiger partial charge in [-0.1, -0.05) is 29.8 Å². The predicted molar refractivity (Wildman–Crippen MR) is 73.9 cm³/mol. The molecule has 2 N–H and O–H groups in total. The second-order valence-electron chi connectivity index (χ2n) is 4.19. The summed E-state index contributed by atoms with van der Waals surface area (Å²) in [6.07, 6.45) is 3.95. The molecule has 19 heavy (non-hydrogen) atoms. The van der Waals surface area contributed by atoms with E-state index in [1.807, 2.05) is 0 Å². The van der Waals surface area contributed by atoms with Gasteiger partial charge in [-0.05, 0) is 25.0 Å². The average Bonchev–Trinajstić information content (AvgIpc) is 2.42. The van der Waals surface area contributed by atoms with Gasteiger partial charge < -0.3 is 5.32 Å². The van der Waals surface area contributed by atoms with Crippen LogP contribution in [0.4, 0.5) is 10.7 Å². The number of rotatable bonds is 4. The molecule has 0 aliphatic carbocycles. The first-order valence-corrected chi connectivity index (χ1v) is 6.11. The van der Waals surface area contributed by atoms with Crippen molar-refractivity contribution in [2.24, 2.45) is 0 Å². The van der Waals surface area contributed by atoms with Gasteiger partial charge in [0.1, 0.15) is 0 Å². The summed E-state index contributed by atoms with van der Waals surface area (Å²) in [5.74, 6) is 0.301. The van der Waals surface area contributed by atoms with Crippen LogP contribution in [0, 0.1) is 6.92 Å². The van der Waals surface area contributed by atoms with Crippen LogP contribution >= 0.6 is 0 Å². The monoisotopic (exact) mass is 256 g/mol. The lowest BCUT2D eigenvalue weighted by Crippen LogP contribution is -2.31. The number of nitrogens with one attached hydrogen (secondary N) is 2. The Kier molecular flexibility index (Phi) is 4.44. The summed E-state index contributed by atoms with van der Waals surface area (Å²) in [5.41, 5.74) is 2.43. The van der Waals surface area contributed by atoms with Gasteiger partial charge in [-0.3, -0.25) is 5.32 Å². The Morgan fingerprint density at radius 2 is 1.84 bits per heavy atom. The second-order valence-corrected chi connectivity index (χ2v) is 4.19. The molecule has 1 heterocycles. The minimum Gasteiger partial charge on any atom is -0.337 e. The van der Waals surface area contributed by atoms with Crippen molar-refractivity contribution in [2.75, 3.05) is 11.9 Å². The molecule has 2 amide bonds. The molecule has 98 valence electrons. The Labute approximate surface area is 112 Å². The molecule has 0 unspecified atom stereocenters. The first-order valence-electron chi connectivity index (χ1n) is 6.11. The van der Waals surface area contributed by atoms with E-state index in [0.29, 0.717) is 12.5 Å². The van der Waals surface area contributed by atoms with Crippen LogP contribution < -0.4 is 10.6 Å². The first kappa shape index (κ1) is 13.0. The molecule has 0 radical (unpaired) electrons. The van der Waals surface area contributed by atoms with Gasteiger partial charge in [0.05, 0.1) is 0 Å². The second kappa shape index (κ2) is 6.49. The Morgan fingerprint density at radius 3 is 2.53 bits per heavy atom. The summed E-state index contributed by atoms with van der Waals surface area (Å²) in [6.45, 7) is 2.62. The van der Waals surface area contributed by atoms with Crippen molar-refractivity contribution in [3.05, 3.63) is 53.9 Å². The van der Waals surface area contributed by atoms with Crippen molar-refractivity contribution in [3.8, 4) is 0 Å². The maximum Gasteiger partial charge on any atom is 0.321 e. The third-order valence-electron chi connectivity index (χ3n) is 2.61. The molecule has 0 aliphatic rings. The molecule has 1 aromatic heterocycles. The number of aromatic nitrogens is 2. The number of benzene rings is 1. The lowest BCUT2D eigenvalue weighted by atomic mass is 10.1. The van der Waals surface area contributed by atoms with Gasteiger partial charge in [0.15, 0.2) is 0 Å². The van der Waals surface area contributed by atoms with Crippen LogP contribution in [0.15, 0.2) is 42.7 Å². The zero-order valence-corrected chi connectivity index (χ0v) is 10.8. The number of aryl methyl sites for hydroxylation is 1. The topological polar surface area (TPSA) is 66.9 Å². The van der Waals surface area contributed by atoms with Crippen molar-refractivity contribution < 1.29 is 4.79 Å². The SMILES string of the molecule is Cc1ccc(CCNC(=O)Nc2ncccn2)cc1. The lowest BCUT2D eigenvalue weighted by molar-refractivity contribution is 0.252. The van der Waals surface area contributed by atoms with E-state index < -0.39 is 0 Å². The van der Waals surface area contributed by atoms with Crippen LogP contribution in [0.2, 0.25) is 0 Å². The molecule has 0 aliphatic heterocycles. The zero-order valence-electron chi connectivity index (χ0n) is 10.8. The maximum atomic E-state index is 11.6. The summed E-state index contributed by atoms with van der Waals surface area (Å²) in [6, 6.07) is 9.66. The molecular weight excluding hydrogens is 240 g/mol. The van der Waals surface area contributed by atoms with Crippen LogP contribution in [0.5, 0.6) is 0 Å². The van der Waals surface area contributed by atoms with E-state index in [2.05, 4.69) is 51.8 Å². The number of anilines is 1. The van der Waals surface area contributed by atoms with Gasteiger partial charge in [-0.2, -0.15) is 0 Å². The number of nitrogens with zero attached hydrogens (tertiary/aromatic N) is 2. The van der Waals surface area contributed by atoms with E-state index in [-0.39, 0.29) is 6.03 Å². The van der Waals surface area contributed by atoms with Crippen molar-refractivity contribution in [1.82, 2.24) is 15.3 Å². The van der Waals surface area contributed by atoms with Gasteiger partial charge >= 0.3 is 6.03 Å². The number of carbonyl (C=O) groups excluding carboxylic acids is 1. The number of carbonyl (C=O) groups is 1. The van der Waals surface area contributed by atoms with E-state index in [9.17, 15) is 4.79 Å². The molecule has 0 fully saturated rings. The highest BCUT2D eigenvalue weighted by molar-refractivity contribution is 5.87. The number of urea groups is 1. The maximum absolute atomic E-state index is 11.6. The minimum atomic E-state index is -0.293. The smallest absolute Gasteiger partial charge is 0.321 e. The summed E-state index contributed by atoms with van der Waals surface area (Å²) in [5, 5.41) is 5.33. The Bertz CT molecular complexity index is 525. The van der Waals surface area contributed by atoms with Crippen molar-refractivity contribution in [1.29, 1.82) is 0 Å². The first-order chi connectivity index (χ1) is 9.24. The van der Waals surface area contributed by atoms with Crippen LogP contribution in [0.25, 0.3) is 0 Å². The van der Waals surface area contributed by atoms with Crippen molar-refractivity contribution in [3.63, 3.8) is 0 Å². The molecule has 2 rings (SSSR count). The molecular formula is C14H16N4O. The fraction of sp³-hybridized carbons (Fsp3) is 0.214. The Hall–Kier alpha value is -2.43. The average molecular weight is 256 g/mol. The zero-order chi connectivity index (χ0) is 13.5. The standard InChI is InChI=1S/C14H16N4O/c1-11-3-5-12(6-4-11)7-10-17-14(19)18-13-15-8-2-9-16-13/h2-6,8-9H,7,10H2,1H3,(H2,15,16,17,18,19). The molecule has 0 bridgehead atoms. The molecule has 5 heteroatoms. The Morgan fingerprint density at radius 1 is 1.16 bits per heavy atom.